The van der Waals surface area contributed by atoms with Crippen molar-refractivity contribution in [1.29, 1.82) is 0 Å². The van der Waals surface area contributed by atoms with E-state index in [4.69, 9.17) is 14.2 Å². The maximum atomic E-state index is 14.1. The molecule has 44 heavy (non-hydrogen) atoms. The van der Waals surface area contributed by atoms with E-state index >= 15 is 0 Å². The van der Waals surface area contributed by atoms with E-state index in [1.807, 2.05) is 13.8 Å². The van der Waals surface area contributed by atoms with Gasteiger partial charge in [-0.25, -0.2) is 13.2 Å². The SMILES string of the molecule is COc1ccc(NC(=O)N(C)C[C@H]2OCCCC[C@H](C)Oc3ccc(NS(C)(=O)=O)cc3C(=O)N([C@H](C)CO)C[C@@H]2C)cc1. The summed E-state index contributed by atoms with van der Waals surface area (Å²) in [6, 6.07) is 10.8. The molecular formula is C31H46N4O8S. The number of fused-ring (bicyclic) bond motifs is 1. The van der Waals surface area contributed by atoms with E-state index in [-0.39, 0.29) is 49.0 Å². The second-order valence-electron chi connectivity index (χ2n) is 11.4. The summed E-state index contributed by atoms with van der Waals surface area (Å²) >= 11 is 0. The third-order valence-electron chi connectivity index (χ3n) is 7.50. The van der Waals surface area contributed by atoms with Gasteiger partial charge in [0.05, 0.1) is 43.8 Å². The highest BCUT2D eigenvalue weighted by Gasteiger charge is 2.31. The fourth-order valence-electron chi connectivity index (χ4n) is 4.91. The zero-order valence-electron chi connectivity index (χ0n) is 26.4. The first-order valence-electron chi connectivity index (χ1n) is 14.8. The summed E-state index contributed by atoms with van der Waals surface area (Å²) in [4.78, 5) is 30.2. The third kappa shape index (κ3) is 10.3. The van der Waals surface area contributed by atoms with E-state index < -0.39 is 28.1 Å². The maximum absolute atomic E-state index is 14.1. The highest BCUT2D eigenvalue weighted by Crippen LogP contribution is 2.29. The molecule has 3 amide bonds. The normalized spacial score (nSPS) is 20.8. The smallest absolute Gasteiger partial charge is 0.321 e. The summed E-state index contributed by atoms with van der Waals surface area (Å²) in [5.74, 6) is 0.358. The number of aliphatic hydroxyl groups excluding tert-OH is 1. The van der Waals surface area contributed by atoms with Gasteiger partial charge < -0.3 is 34.4 Å². The maximum Gasteiger partial charge on any atom is 0.321 e. The molecule has 2 aromatic carbocycles. The molecule has 3 N–H and O–H groups in total. The van der Waals surface area contributed by atoms with Crippen molar-refractivity contribution in [2.45, 2.75) is 58.3 Å². The van der Waals surface area contributed by atoms with Crippen LogP contribution in [-0.4, -0.2) is 100 Å². The van der Waals surface area contributed by atoms with Gasteiger partial charge in [0.15, 0.2) is 0 Å². The molecule has 3 rings (SSSR count). The van der Waals surface area contributed by atoms with Crippen molar-refractivity contribution in [1.82, 2.24) is 9.80 Å². The number of nitrogens with one attached hydrogen (secondary N) is 2. The van der Waals surface area contributed by atoms with E-state index in [2.05, 4.69) is 10.0 Å². The van der Waals surface area contributed by atoms with Crippen molar-refractivity contribution in [3.8, 4) is 11.5 Å². The molecule has 0 fully saturated rings. The van der Waals surface area contributed by atoms with Crippen LogP contribution >= 0.6 is 0 Å². The average molecular weight is 635 g/mol. The molecule has 0 spiro atoms. The third-order valence-corrected chi connectivity index (χ3v) is 8.10. The lowest BCUT2D eigenvalue weighted by molar-refractivity contribution is -0.0115. The van der Waals surface area contributed by atoms with Crippen molar-refractivity contribution >= 4 is 33.3 Å². The molecule has 1 aliphatic heterocycles. The summed E-state index contributed by atoms with van der Waals surface area (Å²) in [6.45, 7) is 6.24. The zero-order valence-corrected chi connectivity index (χ0v) is 27.2. The van der Waals surface area contributed by atoms with E-state index in [1.54, 1.807) is 67.3 Å². The van der Waals surface area contributed by atoms with E-state index in [9.17, 15) is 23.1 Å². The number of aliphatic hydroxyl groups is 1. The number of anilines is 2. The Morgan fingerprint density at radius 3 is 2.48 bits per heavy atom. The standard InChI is InChI=1S/C31H46N4O8S/c1-21-18-35(22(2)20-36)30(37)27-17-25(33-44(6,39)40)12-15-28(27)43-23(3)9-7-8-16-42-29(21)19-34(4)31(38)32-24-10-13-26(41-5)14-11-24/h10-15,17,21-23,29,33,36H,7-9,16,18-20H2,1-6H3,(H,32,38)/t21-,22+,23-,29+/m0/s1. The van der Waals surface area contributed by atoms with Crippen molar-refractivity contribution in [3.05, 3.63) is 48.0 Å². The van der Waals surface area contributed by atoms with Crippen LogP contribution in [0.2, 0.25) is 0 Å². The van der Waals surface area contributed by atoms with Gasteiger partial charge in [-0.15, -0.1) is 0 Å². The highest BCUT2D eigenvalue weighted by atomic mass is 32.2. The van der Waals surface area contributed by atoms with Crippen LogP contribution in [0.3, 0.4) is 0 Å². The van der Waals surface area contributed by atoms with Crippen molar-refractivity contribution in [3.63, 3.8) is 0 Å². The first-order valence-corrected chi connectivity index (χ1v) is 16.7. The fraction of sp³-hybridized carbons (Fsp3) is 0.548. The predicted octanol–water partition coefficient (Wildman–Crippen LogP) is 4.03. The summed E-state index contributed by atoms with van der Waals surface area (Å²) in [7, 11) is -0.328. The number of nitrogens with zero attached hydrogens (tertiary/aromatic N) is 2. The molecule has 12 nitrogen and oxygen atoms in total. The van der Waals surface area contributed by atoms with Crippen molar-refractivity contribution in [2.24, 2.45) is 5.92 Å². The lowest BCUT2D eigenvalue weighted by Gasteiger charge is -2.35. The first-order chi connectivity index (χ1) is 20.8. The van der Waals surface area contributed by atoms with Crippen LogP contribution in [-0.2, 0) is 14.8 Å². The summed E-state index contributed by atoms with van der Waals surface area (Å²) < 4.78 is 43.9. The van der Waals surface area contributed by atoms with Gasteiger partial charge in [-0.3, -0.25) is 9.52 Å². The first kappa shape index (κ1) is 34.9. The summed E-state index contributed by atoms with van der Waals surface area (Å²) in [6.07, 6.45) is 2.71. The highest BCUT2D eigenvalue weighted by molar-refractivity contribution is 7.92. The van der Waals surface area contributed by atoms with Gasteiger partial charge in [-0.2, -0.15) is 0 Å². The van der Waals surface area contributed by atoms with Gasteiger partial charge in [-0.05, 0) is 75.6 Å². The minimum atomic E-state index is -3.59. The molecular weight excluding hydrogens is 588 g/mol. The zero-order chi connectivity index (χ0) is 32.4. The average Bonchev–Trinajstić information content (AvgIpc) is 2.98. The topological polar surface area (TPSA) is 147 Å². The molecule has 0 unspecified atom stereocenters. The van der Waals surface area contributed by atoms with Crippen LogP contribution in [0, 0.1) is 5.92 Å². The van der Waals surface area contributed by atoms with Gasteiger partial charge >= 0.3 is 6.03 Å². The molecule has 0 aliphatic carbocycles. The Hall–Kier alpha value is -3.55. The van der Waals surface area contributed by atoms with Crippen LogP contribution < -0.4 is 19.5 Å². The summed E-state index contributed by atoms with van der Waals surface area (Å²) in [5.41, 5.74) is 1.03. The molecule has 0 saturated heterocycles. The van der Waals surface area contributed by atoms with Gasteiger partial charge in [0.25, 0.3) is 5.91 Å². The van der Waals surface area contributed by atoms with Crippen LogP contribution in [0.15, 0.2) is 42.5 Å². The van der Waals surface area contributed by atoms with E-state index in [0.717, 1.165) is 19.1 Å². The fourth-order valence-corrected chi connectivity index (χ4v) is 5.46. The Bertz CT molecular complexity index is 1350. The molecule has 13 heteroatoms. The molecule has 0 aromatic heterocycles. The van der Waals surface area contributed by atoms with Crippen LogP contribution in [0.1, 0.15) is 50.4 Å². The second kappa shape index (κ2) is 16.0. The second-order valence-corrected chi connectivity index (χ2v) is 13.2. The molecule has 2 aromatic rings. The van der Waals surface area contributed by atoms with Gasteiger partial charge in [0, 0.05) is 44.0 Å². The van der Waals surface area contributed by atoms with Crippen molar-refractivity contribution in [2.75, 3.05) is 56.8 Å². The molecule has 1 heterocycles. The van der Waals surface area contributed by atoms with Crippen LogP contribution in [0.5, 0.6) is 11.5 Å². The number of hydrogen-bond acceptors (Lipinski definition) is 8. The number of urea groups is 1. The Balaban J connectivity index is 1.88. The number of hydrogen-bond donors (Lipinski definition) is 3. The van der Waals surface area contributed by atoms with Crippen LogP contribution in [0.4, 0.5) is 16.2 Å². The molecule has 0 radical (unpaired) electrons. The molecule has 244 valence electrons. The van der Waals surface area contributed by atoms with Gasteiger partial charge in [-0.1, -0.05) is 6.92 Å². The van der Waals surface area contributed by atoms with Gasteiger partial charge in [0.2, 0.25) is 10.0 Å². The van der Waals surface area contributed by atoms with Crippen molar-refractivity contribution < 1.29 is 37.3 Å². The lowest BCUT2D eigenvalue weighted by Crippen LogP contribution is -2.48. The van der Waals surface area contributed by atoms with E-state index in [1.165, 1.54) is 6.07 Å². The Kier molecular flexibility index (Phi) is 12.7. The Morgan fingerprint density at radius 2 is 1.84 bits per heavy atom. The largest absolute Gasteiger partial charge is 0.497 e. The van der Waals surface area contributed by atoms with Crippen LogP contribution in [0.25, 0.3) is 0 Å². The lowest BCUT2D eigenvalue weighted by atomic mass is 10.0. The number of ether oxygens (including phenoxy) is 3. The number of sulfonamides is 1. The number of carbonyl (C=O) groups is 2. The number of likely N-dealkylation sites (N-methyl/N-ethyl adjacent to an activating group) is 1. The Morgan fingerprint density at radius 1 is 1.16 bits per heavy atom. The minimum Gasteiger partial charge on any atom is -0.497 e. The predicted molar refractivity (Wildman–Crippen MR) is 170 cm³/mol. The molecule has 4 atom stereocenters. The number of benzene rings is 2. The van der Waals surface area contributed by atoms with Gasteiger partial charge in [0.1, 0.15) is 11.5 Å². The molecule has 0 bridgehead atoms. The number of methoxy groups -OCH3 is 1. The summed E-state index contributed by atoms with van der Waals surface area (Å²) in [5, 5.41) is 13.0. The Labute approximate surface area is 260 Å². The van der Waals surface area contributed by atoms with E-state index in [0.29, 0.717) is 30.2 Å². The monoisotopic (exact) mass is 634 g/mol. The quantitative estimate of drug-likeness (QED) is 0.395. The number of carbonyl (C=O) groups excluding carboxylic acids is 2. The number of rotatable bonds is 8. The molecule has 0 saturated carbocycles. The minimum absolute atomic E-state index is 0.184. The number of amides is 3. The molecule has 1 aliphatic rings.